The van der Waals surface area contributed by atoms with Gasteiger partial charge < -0.3 is 9.47 Å². The van der Waals surface area contributed by atoms with Crippen LogP contribution in [0.25, 0.3) is 0 Å². The third-order valence-electron chi connectivity index (χ3n) is 5.76. The molecule has 0 aromatic heterocycles. The summed E-state index contributed by atoms with van der Waals surface area (Å²) in [6.45, 7) is 11.0. The van der Waals surface area contributed by atoms with Gasteiger partial charge >= 0.3 is 6.09 Å². The van der Waals surface area contributed by atoms with E-state index in [1.54, 1.807) is 46.8 Å². The Labute approximate surface area is 181 Å². The number of amides is 1. The summed E-state index contributed by atoms with van der Waals surface area (Å²) < 4.78 is 11.6. The molecule has 1 aliphatic heterocycles. The van der Waals surface area contributed by atoms with Gasteiger partial charge in [-0.25, -0.2) is 4.79 Å². The monoisotopic (exact) mass is 419 g/mol. The van der Waals surface area contributed by atoms with E-state index < -0.39 is 28.8 Å². The maximum atomic E-state index is 13.4. The van der Waals surface area contributed by atoms with Crippen LogP contribution < -0.4 is 0 Å². The molecule has 1 fully saturated rings. The first kappa shape index (κ1) is 25.9. The van der Waals surface area contributed by atoms with Crippen molar-refractivity contribution in [2.24, 2.45) is 5.92 Å². The van der Waals surface area contributed by atoms with Crippen molar-refractivity contribution in [3.05, 3.63) is 12.2 Å². The van der Waals surface area contributed by atoms with Crippen LogP contribution in [0.2, 0.25) is 0 Å². The Bertz CT molecular complexity index is 714. The highest BCUT2D eigenvalue weighted by Gasteiger charge is 2.64. The van der Waals surface area contributed by atoms with Gasteiger partial charge in [-0.1, -0.05) is 25.5 Å². The summed E-state index contributed by atoms with van der Waals surface area (Å²) in [5.74, 6) is 1.67. The smallest absolute Gasteiger partial charge is 0.411 e. The number of allylic oxidation sites excluding steroid dienone is 1. The molecule has 1 heterocycles. The number of carbonyl (C=O) groups is 3. The van der Waals surface area contributed by atoms with E-state index in [1.807, 2.05) is 6.92 Å². The van der Waals surface area contributed by atoms with Gasteiger partial charge in [-0.15, -0.1) is 12.3 Å². The van der Waals surface area contributed by atoms with E-state index >= 15 is 0 Å². The van der Waals surface area contributed by atoms with E-state index in [-0.39, 0.29) is 31.0 Å². The number of terminal acetylenes is 1. The van der Waals surface area contributed by atoms with Gasteiger partial charge in [0.2, 0.25) is 0 Å². The second-order valence-electron chi connectivity index (χ2n) is 8.89. The van der Waals surface area contributed by atoms with E-state index in [1.165, 1.54) is 12.0 Å². The van der Waals surface area contributed by atoms with E-state index in [4.69, 9.17) is 15.9 Å². The molecule has 1 aliphatic rings. The van der Waals surface area contributed by atoms with Crippen molar-refractivity contribution in [3.63, 3.8) is 0 Å². The van der Waals surface area contributed by atoms with Crippen LogP contribution in [0.5, 0.6) is 0 Å². The summed E-state index contributed by atoms with van der Waals surface area (Å²) in [5.41, 5.74) is -3.44. The molecular formula is C24H37NO5. The molecule has 1 amide bonds. The van der Waals surface area contributed by atoms with Gasteiger partial charge in [0.25, 0.3) is 0 Å². The summed E-state index contributed by atoms with van der Waals surface area (Å²) in [7, 11) is 1.49. The number of methoxy groups -OCH3 is 1. The number of rotatable bonds is 9. The number of likely N-dealkylation sites (tertiary alicyclic amines) is 1. The van der Waals surface area contributed by atoms with Crippen LogP contribution in [0.3, 0.4) is 0 Å². The minimum absolute atomic E-state index is 0.0631. The Morgan fingerprint density at radius 1 is 1.33 bits per heavy atom. The Balaban J connectivity index is 3.64. The third-order valence-corrected chi connectivity index (χ3v) is 5.76. The maximum absolute atomic E-state index is 13.4. The molecule has 0 radical (unpaired) electrons. The van der Waals surface area contributed by atoms with Crippen molar-refractivity contribution >= 4 is 17.7 Å². The van der Waals surface area contributed by atoms with Gasteiger partial charge in [-0.3, -0.25) is 14.5 Å². The lowest BCUT2D eigenvalue weighted by Crippen LogP contribution is -2.68. The van der Waals surface area contributed by atoms with Crippen LogP contribution >= 0.6 is 0 Å². The Hall–Kier alpha value is -2.13. The quantitative estimate of drug-likeness (QED) is 0.411. The largest absolute Gasteiger partial charge is 0.444 e. The minimum Gasteiger partial charge on any atom is -0.444 e. The van der Waals surface area contributed by atoms with Crippen molar-refractivity contribution in [2.45, 2.75) is 90.4 Å². The standard InChI is InChI=1S/C24H37NO5/c1-9-12-14-19(26)18(13-10-2)23(7,29-8)24(16-11-3)20(27)15-17-25(24)21(28)30-22(4,5)6/h1,11,16,18H,10,12-15,17H2,2-8H3/b16-11-/t18-,23-,24+/m1/s1. The van der Waals surface area contributed by atoms with Crippen LogP contribution in [0.15, 0.2) is 12.2 Å². The first-order valence-electron chi connectivity index (χ1n) is 10.6. The number of Topliss-reactive ketones (excluding diaryl/α,β-unsaturated/α-hetero) is 2. The van der Waals surface area contributed by atoms with Crippen LogP contribution in [-0.4, -0.2) is 53.0 Å². The molecule has 0 aromatic carbocycles. The molecule has 0 bridgehead atoms. The summed E-state index contributed by atoms with van der Waals surface area (Å²) in [5, 5.41) is 0. The SMILES string of the molecule is C#CCCC(=O)[C@@H](CCC)[C@@](C)(OC)[C@]1(/C=C\C)C(=O)CCN1C(=O)OC(C)(C)C. The first-order chi connectivity index (χ1) is 13.9. The van der Waals surface area contributed by atoms with E-state index in [0.717, 1.165) is 6.42 Å². The molecule has 30 heavy (non-hydrogen) atoms. The van der Waals surface area contributed by atoms with Crippen LogP contribution in [0.4, 0.5) is 4.79 Å². The topological polar surface area (TPSA) is 72.9 Å². The predicted molar refractivity (Wildman–Crippen MR) is 117 cm³/mol. The molecule has 3 atom stereocenters. The highest BCUT2D eigenvalue weighted by Crippen LogP contribution is 2.46. The van der Waals surface area contributed by atoms with Crippen molar-refractivity contribution < 1.29 is 23.9 Å². The van der Waals surface area contributed by atoms with Crippen molar-refractivity contribution in [1.82, 2.24) is 4.90 Å². The number of ketones is 2. The van der Waals surface area contributed by atoms with Gasteiger partial charge in [0.1, 0.15) is 17.0 Å². The van der Waals surface area contributed by atoms with Gasteiger partial charge in [0.05, 0.1) is 0 Å². The Kier molecular flexibility index (Phi) is 8.86. The maximum Gasteiger partial charge on any atom is 0.411 e. The Morgan fingerprint density at radius 2 is 1.97 bits per heavy atom. The molecule has 0 saturated carbocycles. The molecule has 0 N–H and O–H groups in total. The number of hydrogen-bond donors (Lipinski definition) is 0. The zero-order chi connectivity index (χ0) is 23.2. The molecule has 0 aliphatic carbocycles. The third kappa shape index (κ3) is 4.95. The van der Waals surface area contributed by atoms with Crippen molar-refractivity contribution in [3.8, 4) is 12.3 Å². The molecule has 0 spiro atoms. The first-order valence-corrected chi connectivity index (χ1v) is 10.6. The van der Waals surface area contributed by atoms with Gasteiger partial charge in [-0.05, 0) is 41.0 Å². The lowest BCUT2D eigenvalue weighted by molar-refractivity contribution is -0.160. The molecule has 6 nitrogen and oxygen atoms in total. The Morgan fingerprint density at radius 3 is 2.43 bits per heavy atom. The highest BCUT2D eigenvalue weighted by molar-refractivity contribution is 5.99. The zero-order valence-electron chi connectivity index (χ0n) is 19.5. The van der Waals surface area contributed by atoms with E-state index in [9.17, 15) is 14.4 Å². The van der Waals surface area contributed by atoms with E-state index in [0.29, 0.717) is 12.8 Å². The molecule has 1 rings (SSSR count). The lowest BCUT2D eigenvalue weighted by atomic mass is 9.66. The van der Waals surface area contributed by atoms with Crippen molar-refractivity contribution in [2.75, 3.05) is 13.7 Å². The highest BCUT2D eigenvalue weighted by atomic mass is 16.6. The van der Waals surface area contributed by atoms with Gasteiger partial charge in [-0.2, -0.15) is 0 Å². The number of carbonyl (C=O) groups excluding carboxylic acids is 3. The van der Waals surface area contributed by atoms with Gasteiger partial charge in [0.15, 0.2) is 11.3 Å². The zero-order valence-corrected chi connectivity index (χ0v) is 19.5. The van der Waals surface area contributed by atoms with Gasteiger partial charge in [0, 0.05) is 38.8 Å². The summed E-state index contributed by atoms with van der Waals surface area (Å²) in [6, 6.07) is 0. The second kappa shape index (κ2) is 10.3. The fraction of sp³-hybridized carbons (Fsp3) is 0.708. The molecule has 168 valence electrons. The number of nitrogens with zero attached hydrogens (tertiary/aromatic N) is 1. The molecule has 6 heteroatoms. The summed E-state index contributed by atoms with van der Waals surface area (Å²) >= 11 is 0. The number of hydrogen-bond acceptors (Lipinski definition) is 5. The molecule has 0 aromatic rings. The molecule has 1 saturated heterocycles. The number of ether oxygens (including phenoxy) is 2. The fourth-order valence-electron chi connectivity index (χ4n) is 4.38. The second-order valence-corrected chi connectivity index (χ2v) is 8.89. The lowest BCUT2D eigenvalue weighted by Gasteiger charge is -2.50. The predicted octanol–water partition coefficient (Wildman–Crippen LogP) is 4.32. The average molecular weight is 420 g/mol. The van der Waals surface area contributed by atoms with Crippen LogP contribution in [0, 0.1) is 18.3 Å². The average Bonchev–Trinajstić information content (AvgIpc) is 3.00. The summed E-state index contributed by atoms with van der Waals surface area (Å²) in [4.78, 5) is 41.1. The minimum atomic E-state index is -1.44. The fourth-order valence-corrected chi connectivity index (χ4v) is 4.38. The van der Waals surface area contributed by atoms with Crippen LogP contribution in [-0.2, 0) is 19.1 Å². The molecule has 0 unspecified atom stereocenters. The normalized spacial score (nSPS) is 22.6. The van der Waals surface area contributed by atoms with Crippen LogP contribution in [0.1, 0.15) is 73.6 Å². The van der Waals surface area contributed by atoms with E-state index in [2.05, 4.69) is 5.92 Å². The molecular weight excluding hydrogens is 382 g/mol. The summed E-state index contributed by atoms with van der Waals surface area (Å²) in [6.07, 6.45) is 10.1. The van der Waals surface area contributed by atoms with Crippen molar-refractivity contribution in [1.29, 1.82) is 0 Å².